The first-order valence-electron chi connectivity index (χ1n) is 4.40. The van der Waals surface area contributed by atoms with Crippen LogP contribution in [0.1, 0.15) is 12.8 Å². The number of ether oxygens (including phenoxy) is 2. The second kappa shape index (κ2) is 5.62. The third-order valence-corrected chi connectivity index (χ3v) is 9.41. The fourth-order valence-electron chi connectivity index (χ4n) is 1.86. The molecule has 0 bridgehead atoms. The first-order chi connectivity index (χ1) is 5.69. The Balaban J connectivity index is 2.49. The van der Waals surface area contributed by atoms with Crippen LogP contribution >= 0.6 is 0 Å². The van der Waals surface area contributed by atoms with Gasteiger partial charge in [0.05, 0.1) is 0 Å². The summed E-state index contributed by atoms with van der Waals surface area (Å²) in [6.07, 6.45) is 3.68. The molecule has 0 heterocycles. The van der Waals surface area contributed by atoms with Crippen LogP contribution in [-0.2, 0) is 61.7 Å². The zero-order chi connectivity index (χ0) is 9.14. The molecule has 1 aliphatic carbocycles. The van der Waals surface area contributed by atoms with Crippen LogP contribution < -0.4 is 0 Å². The molecule has 0 aromatic rings. The SMILES string of the molecule is COC1C[CH]([Hg])C(OC)C[CH]1[Hg]. The molecular formula is C8H14Hg2O2. The molecule has 0 aromatic carbocycles. The van der Waals surface area contributed by atoms with Crippen molar-refractivity contribution in [3.63, 3.8) is 0 Å². The van der Waals surface area contributed by atoms with Gasteiger partial charge < -0.3 is 0 Å². The van der Waals surface area contributed by atoms with Crippen LogP contribution in [0.4, 0.5) is 0 Å². The molecule has 0 radical (unpaired) electrons. The van der Waals surface area contributed by atoms with Crippen LogP contribution in [0.5, 0.6) is 0 Å². The molecule has 1 saturated carbocycles. The number of rotatable bonds is 2. The average Bonchev–Trinajstić information content (AvgIpc) is 2.08. The molecule has 4 heteroatoms. The van der Waals surface area contributed by atoms with E-state index in [2.05, 4.69) is 0 Å². The van der Waals surface area contributed by atoms with Gasteiger partial charge in [0.25, 0.3) is 0 Å². The summed E-state index contributed by atoms with van der Waals surface area (Å²) in [5, 5.41) is 0. The standard InChI is InChI=1S/C8H14O2.2Hg/c1-9-7-3-5-8(10-2)6-4-7;;/h3,6-8H,4-5H2,1-2H3;;. The summed E-state index contributed by atoms with van der Waals surface area (Å²) in [5.74, 6) is 0. The van der Waals surface area contributed by atoms with Crippen LogP contribution in [0, 0.1) is 0 Å². The van der Waals surface area contributed by atoms with E-state index in [0.29, 0.717) is 12.2 Å². The molecule has 2 nitrogen and oxygen atoms in total. The van der Waals surface area contributed by atoms with E-state index in [0.717, 1.165) is 59.1 Å². The molecule has 1 rings (SSSR count). The second-order valence-corrected chi connectivity index (χ2v) is 11.7. The summed E-state index contributed by atoms with van der Waals surface area (Å²) >= 11 is 1.67. The molecule has 0 aromatic heterocycles. The van der Waals surface area contributed by atoms with E-state index in [1.807, 2.05) is 14.2 Å². The predicted molar refractivity (Wildman–Crippen MR) is 38.3 cm³/mol. The van der Waals surface area contributed by atoms with E-state index in [4.69, 9.17) is 9.47 Å². The summed E-state index contributed by atoms with van der Waals surface area (Å²) in [6.45, 7) is 0. The van der Waals surface area contributed by atoms with Crippen molar-refractivity contribution < 1.29 is 61.7 Å². The van der Waals surface area contributed by atoms with Crippen molar-refractivity contribution in [1.29, 1.82) is 0 Å². The second-order valence-electron chi connectivity index (χ2n) is 3.54. The van der Waals surface area contributed by atoms with Crippen molar-refractivity contribution in [2.75, 3.05) is 14.2 Å². The Morgan fingerprint density at radius 1 is 0.917 bits per heavy atom. The Hall–Kier alpha value is 1.79. The minimum atomic E-state index is 0.572. The number of hydrogen-bond acceptors (Lipinski definition) is 2. The molecule has 0 N–H and O–H groups in total. The van der Waals surface area contributed by atoms with Crippen molar-refractivity contribution in [3.8, 4) is 0 Å². The van der Waals surface area contributed by atoms with Crippen LogP contribution in [0.25, 0.3) is 0 Å². The maximum atomic E-state index is 5.49. The molecule has 1 aliphatic rings. The maximum absolute atomic E-state index is 5.49. The fraction of sp³-hybridized carbons (Fsp3) is 1.00. The van der Waals surface area contributed by atoms with Crippen LogP contribution in [0.2, 0.25) is 6.85 Å². The summed E-state index contributed by atoms with van der Waals surface area (Å²) < 4.78 is 12.7. The summed E-state index contributed by atoms with van der Waals surface area (Å²) in [5.41, 5.74) is 0. The topological polar surface area (TPSA) is 18.5 Å². The van der Waals surface area contributed by atoms with Gasteiger partial charge in [-0.1, -0.05) is 0 Å². The van der Waals surface area contributed by atoms with Crippen LogP contribution in [-0.4, -0.2) is 26.4 Å². The zero-order valence-corrected chi connectivity index (χ0v) is 18.9. The Kier molecular flexibility index (Phi) is 5.55. The van der Waals surface area contributed by atoms with Crippen molar-refractivity contribution in [3.05, 3.63) is 0 Å². The Bertz CT molecular complexity index is 127. The van der Waals surface area contributed by atoms with E-state index in [1.165, 1.54) is 12.8 Å². The van der Waals surface area contributed by atoms with E-state index in [9.17, 15) is 0 Å². The normalized spacial score (nSPS) is 43.2. The van der Waals surface area contributed by atoms with Crippen LogP contribution in [0.3, 0.4) is 0 Å². The quantitative estimate of drug-likeness (QED) is 0.492. The Morgan fingerprint density at radius 2 is 1.25 bits per heavy atom. The van der Waals surface area contributed by atoms with Crippen LogP contribution in [0.15, 0.2) is 0 Å². The monoisotopic (exact) mass is 546 g/mol. The van der Waals surface area contributed by atoms with Gasteiger partial charge in [0.1, 0.15) is 0 Å². The Labute approximate surface area is 107 Å². The van der Waals surface area contributed by atoms with Gasteiger partial charge in [-0.15, -0.1) is 0 Å². The van der Waals surface area contributed by atoms with Gasteiger partial charge in [-0.25, -0.2) is 0 Å². The molecule has 0 aliphatic heterocycles. The molecule has 0 amide bonds. The molecule has 12 heavy (non-hydrogen) atoms. The Morgan fingerprint density at radius 3 is 1.50 bits per heavy atom. The van der Waals surface area contributed by atoms with E-state index < -0.39 is 0 Å². The van der Waals surface area contributed by atoms with Crippen molar-refractivity contribution >= 4 is 0 Å². The number of methoxy groups -OCH3 is 2. The van der Waals surface area contributed by atoms with E-state index in [1.54, 1.807) is 0 Å². The zero-order valence-electron chi connectivity index (χ0n) is 7.95. The molecule has 0 spiro atoms. The summed E-state index contributed by atoms with van der Waals surface area (Å²) in [4.78, 5) is 0. The van der Waals surface area contributed by atoms with Gasteiger partial charge in [-0.2, -0.15) is 0 Å². The molecule has 62 valence electrons. The third-order valence-electron chi connectivity index (χ3n) is 2.73. The van der Waals surface area contributed by atoms with Crippen molar-refractivity contribution in [2.45, 2.75) is 31.9 Å². The van der Waals surface area contributed by atoms with Gasteiger partial charge in [0.2, 0.25) is 0 Å². The molecule has 0 saturated heterocycles. The van der Waals surface area contributed by atoms with Crippen molar-refractivity contribution in [2.24, 2.45) is 0 Å². The van der Waals surface area contributed by atoms with E-state index in [-0.39, 0.29) is 0 Å². The van der Waals surface area contributed by atoms with Gasteiger partial charge in [-0.3, -0.25) is 0 Å². The first-order valence-corrected chi connectivity index (χ1v) is 10.8. The van der Waals surface area contributed by atoms with Gasteiger partial charge in [0.15, 0.2) is 0 Å². The van der Waals surface area contributed by atoms with Gasteiger partial charge >= 0.3 is 108 Å². The average molecular weight is 543 g/mol. The first kappa shape index (κ1) is 11.9. The van der Waals surface area contributed by atoms with Gasteiger partial charge in [0, 0.05) is 0 Å². The van der Waals surface area contributed by atoms with Crippen molar-refractivity contribution in [1.82, 2.24) is 0 Å². The summed E-state index contributed by atoms with van der Waals surface area (Å²) in [6, 6.07) is 0. The molecule has 4 unspecified atom stereocenters. The molecule has 1 fully saturated rings. The minimum absolute atomic E-state index is 0.572. The predicted octanol–water partition coefficient (Wildman–Crippen LogP) is 1.48. The molecule has 4 atom stereocenters. The molecular weight excluding hydrogens is 529 g/mol. The number of hydrogen-bond donors (Lipinski definition) is 0. The van der Waals surface area contributed by atoms with E-state index >= 15 is 0 Å². The summed E-state index contributed by atoms with van der Waals surface area (Å²) in [7, 11) is 3.72. The third kappa shape index (κ3) is 2.89. The van der Waals surface area contributed by atoms with Gasteiger partial charge in [-0.05, 0) is 0 Å². The fourth-order valence-corrected chi connectivity index (χ4v) is 7.41.